The fourth-order valence-electron chi connectivity index (χ4n) is 9.25. The highest BCUT2D eigenvalue weighted by molar-refractivity contribution is 5.89. The molecule has 2 unspecified atom stereocenters. The Morgan fingerprint density at radius 1 is 0.977 bits per heavy atom. The lowest BCUT2D eigenvalue weighted by Gasteiger charge is -2.61. The van der Waals surface area contributed by atoms with Crippen molar-refractivity contribution in [3.8, 4) is 0 Å². The van der Waals surface area contributed by atoms with Crippen molar-refractivity contribution in [3.05, 3.63) is 83.9 Å². The summed E-state index contributed by atoms with van der Waals surface area (Å²) in [6.45, 7) is 8.85. The number of hydrogen-bond donors (Lipinski definition) is 5. The van der Waals surface area contributed by atoms with E-state index >= 15 is 0 Å². The Hall–Kier alpha value is -2.67. The number of fused-ring (bicyclic) bond motifs is 2. The van der Waals surface area contributed by atoms with E-state index in [0.29, 0.717) is 17.6 Å². The molecule has 0 radical (unpaired) electrons. The highest BCUT2D eigenvalue weighted by Crippen LogP contribution is 2.72. The third kappa shape index (κ3) is 3.56. The second-order valence-corrected chi connectivity index (χ2v) is 13.7. The Labute approximate surface area is 255 Å². The zero-order chi connectivity index (χ0) is 31.4. The van der Waals surface area contributed by atoms with Gasteiger partial charge in [0.25, 0.3) is 0 Å². The minimum atomic E-state index is -2.64. The Balaban J connectivity index is 1.42. The molecule has 5 fully saturated rings. The summed E-state index contributed by atoms with van der Waals surface area (Å²) < 4.78 is 26.0. The Morgan fingerprint density at radius 2 is 1.61 bits per heavy atom. The van der Waals surface area contributed by atoms with Crippen molar-refractivity contribution in [3.63, 3.8) is 0 Å². The molecule has 7 rings (SSSR count). The first-order valence-electron chi connectivity index (χ1n) is 15.3. The number of carbonyl (C=O) groups is 1. The molecule has 13 atom stereocenters. The molecule has 0 spiro atoms. The van der Waals surface area contributed by atoms with Gasteiger partial charge in [0.05, 0.1) is 23.4 Å². The molecule has 5 N–H and O–H groups in total. The van der Waals surface area contributed by atoms with Crippen molar-refractivity contribution in [1.29, 1.82) is 0 Å². The molecule has 3 aliphatic carbocycles. The van der Waals surface area contributed by atoms with E-state index in [1.807, 2.05) is 32.0 Å². The molecule has 2 saturated heterocycles. The molecule has 3 bridgehead atoms. The van der Waals surface area contributed by atoms with Crippen LogP contribution in [0.3, 0.4) is 0 Å². The van der Waals surface area contributed by atoms with Crippen LogP contribution in [-0.2, 0) is 24.9 Å². The van der Waals surface area contributed by atoms with Crippen LogP contribution in [0.25, 0.3) is 0 Å². The molecule has 10 nitrogen and oxygen atoms in total. The van der Waals surface area contributed by atoms with Crippen LogP contribution in [0.5, 0.6) is 0 Å². The second-order valence-electron chi connectivity index (χ2n) is 13.7. The van der Waals surface area contributed by atoms with Gasteiger partial charge in [-0.2, -0.15) is 0 Å². The molecular weight excluding hydrogens is 568 g/mol. The maximum absolute atomic E-state index is 13.0. The highest BCUT2D eigenvalue weighted by Gasteiger charge is 2.85. The van der Waals surface area contributed by atoms with E-state index in [1.165, 1.54) is 12.1 Å². The Kier molecular flexibility index (Phi) is 6.59. The van der Waals surface area contributed by atoms with Gasteiger partial charge in [-0.15, -0.1) is 0 Å². The summed E-state index contributed by atoms with van der Waals surface area (Å²) in [6.07, 6.45) is -5.89. The summed E-state index contributed by atoms with van der Waals surface area (Å²) in [5.74, 6) is -5.59. The lowest BCUT2D eigenvalue weighted by atomic mass is 9.53. The van der Waals surface area contributed by atoms with Gasteiger partial charge in [0.2, 0.25) is 0 Å². The normalized spacial score (nSPS) is 48.7. The SMILES string of the molecule is C=C(C)[C@]12C[C@@H](C)[C@@]34O[C@](c5ccccc5)(O[C@@H]1C3[C@H](O)[C@@](O)(COC(=O)c1ccccc1)[C@@H](O)[C@@]1(O)C4C[C@H](C)[C@@H]1O)O2. The van der Waals surface area contributed by atoms with Crippen LogP contribution in [-0.4, -0.2) is 84.9 Å². The molecule has 2 heterocycles. The summed E-state index contributed by atoms with van der Waals surface area (Å²) in [5, 5.41) is 60.8. The van der Waals surface area contributed by atoms with Gasteiger partial charge in [-0.3, -0.25) is 0 Å². The third-order valence-corrected chi connectivity index (χ3v) is 11.4. The number of carbonyl (C=O) groups excluding carboxylic acids is 1. The molecule has 0 amide bonds. The van der Waals surface area contributed by atoms with E-state index < -0.39 is 89.0 Å². The first-order chi connectivity index (χ1) is 20.8. The van der Waals surface area contributed by atoms with Gasteiger partial charge in [-0.25, -0.2) is 4.79 Å². The first-order valence-corrected chi connectivity index (χ1v) is 15.3. The smallest absolute Gasteiger partial charge is 0.338 e. The zero-order valence-corrected chi connectivity index (χ0v) is 25.0. The number of aliphatic hydroxyl groups excluding tert-OH is 3. The largest absolute Gasteiger partial charge is 0.459 e. The molecule has 44 heavy (non-hydrogen) atoms. The summed E-state index contributed by atoms with van der Waals surface area (Å²) in [4.78, 5) is 13.0. The van der Waals surface area contributed by atoms with Crippen LogP contribution in [0.2, 0.25) is 0 Å². The van der Waals surface area contributed by atoms with E-state index in [1.54, 1.807) is 37.3 Å². The van der Waals surface area contributed by atoms with Crippen LogP contribution in [0, 0.1) is 23.7 Å². The van der Waals surface area contributed by atoms with Gasteiger partial charge in [0, 0.05) is 17.4 Å². The molecule has 10 heteroatoms. The average Bonchev–Trinajstić information content (AvgIpc) is 3.38. The van der Waals surface area contributed by atoms with E-state index in [2.05, 4.69) is 6.58 Å². The Bertz CT molecular complexity index is 1470. The quantitative estimate of drug-likeness (QED) is 0.252. The van der Waals surface area contributed by atoms with Gasteiger partial charge >= 0.3 is 11.9 Å². The van der Waals surface area contributed by atoms with Crippen LogP contribution in [0.4, 0.5) is 0 Å². The first kappa shape index (κ1) is 30.0. The minimum Gasteiger partial charge on any atom is -0.459 e. The van der Waals surface area contributed by atoms with Crippen molar-refractivity contribution in [1.82, 2.24) is 0 Å². The van der Waals surface area contributed by atoms with Crippen LogP contribution >= 0.6 is 0 Å². The van der Waals surface area contributed by atoms with Crippen molar-refractivity contribution in [2.45, 2.75) is 86.4 Å². The van der Waals surface area contributed by atoms with Gasteiger partial charge in [0.15, 0.2) is 5.60 Å². The average molecular weight is 609 g/mol. The van der Waals surface area contributed by atoms with Crippen molar-refractivity contribution < 1.29 is 49.3 Å². The lowest BCUT2D eigenvalue weighted by molar-refractivity contribution is -0.446. The van der Waals surface area contributed by atoms with Gasteiger partial charge in [-0.05, 0) is 49.3 Å². The van der Waals surface area contributed by atoms with E-state index in [4.69, 9.17) is 18.9 Å². The summed E-state index contributed by atoms with van der Waals surface area (Å²) >= 11 is 0. The van der Waals surface area contributed by atoms with E-state index in [9.17, 15) is 30.3 Å². The highest BCUT2D eigenvalue weighted by atomic mass is 16.9. The molecule has 5 aliphatic rings. The third-order valence-electron chi connectivity index (χ3n) is 11.4. The van der Waals surface area contributed by atoms with E-state index in [0.717, 1.165) is 0 Å². The molecule has 2 aliphatic heterocycles. The number of hydrogen-bond acceptors (Lipinski definition) is 10. The molecule has 0 aromatic heterocycles. The van der Waals surface area contributed by atoms with Gasteiger partial charge in [-0.1, -0.05) is 69.0 Å². The molecule has 236 valence electrons. The van der Waals surface area contributed by atoms with Crippen molar-refractivity contribution in [2.75, 3.05) is 6.61 Å². The van der Waals surface area contributed by atoms with Crippen LogP contribution in [0.15, 0.2) is 72.8 Å². The maximum atomic E-state index is 13.0. The fraction of sp³-hybridized carbons (Fsp3) is 0.559. The number of ether oxygens (including phenoxy) is 4. The number of aliphatic hydroxyl groups is 5. The molecule has 2 aromatic carbocycles. The predicted octanol–water partition coefficient (Wildman–Crippen LogP) is 2.02. The topological polar surface area (TPSA) is 155 Å². The maximum Gasteiger partial charge on any atom is 0.338 e. The fourth-order valence-corrected chi connectivity index (χ4v) is 9.25. The molecular formula is C34H40O10. The van der Waals surface area contributed by atoms with Crippen molar-refractivity contribution in [2.24, 2.45) is 23.7 Å². The summed E-state index contributed by atoms with van der Waals surface area (Å²) in [6, 6.07) is 17.2. The van der Waals surface area contributed by atoms with Crippen LogP contribution < -0.4 is 0 Å². The summed E-state index contributed by atoms with van der Waals surface area (Å²) in [5.41, 5.74) is -6.27. The number of esters is 1. The standard InChI is InChI=1S/C34H40O10/c1-18(2)31-16-20(4)33-23-15-19(3)25(35)32(23,40)29(38)30(39,17-41-28(37)21-11-7-5-8-12-21)26(36)24(33)27(31)42-34(43-31,44-33)22-13-9-6-10-14-22/h5-14,19-20,23-27,29,35-36,38-40H,1,15-17H2,2-4H3/t19-,20+,23?,24?,25-,26-,27+,29+,30-,31+,32+,33-,34+/m0/s1. The van der Waals surface area contributed by atoms with Gasteiger partial charge < -0.3 is 44.5 Å². The monoisotopic (exact) mass is 608 g/mol. The minimum absolute atomic E-state index is 0.200. The van der Waals surface area contributed by atoms with Gasteiger partial charge in [0.1, 0.15) is 30.0 Å². The number of rotatable bonds is 5. The van der Waals surface area contributed by atoms with Crippen LogP contribution in [0.1, 0.15) is 49.5 Å². The van der Waals surface area contributed by atoms with Crippen molar-refractivity contribution >= 4 is 5.97 Å². The lowest BCUT2D eigenvalue weighted by Crippen LogP contribution is -2.73. The Morgan fingerprint density at radius 3 is 2.25 bits per heavy atom. The summed E-state index contributed by atoms with van der Waals surface area (Å²) in [7, 11) is 0. The van der Waals surface area contributed by atoms with E-state index in [-0.39, 0.29) is 12.0 Å². The number of benzene rings is 2. The second kappa shape index (κ2) is 9.67. The predicted molar refractivity (Wildman–Crippen MR) is 155 cm³/mol. The molecule has 2 aromatic rings. The zero-order valence-electron chi connectivity index (χ0n) is 25.0. The molecule has 3 saturated carbocycles.